The molecule has 5 nitrogen and oxygen atoms in total. The molecule has 0 amide bonds. The molecule has 1 aromatic heterocycles. The summed E-state index contributed by atoms with van der Waals surface area (Å²) >= 11 is 0. The van der Waals surface area contributed by atoms with E-state index in [1.165, 1.54) is 24.3 Å². The van der Waals surface area contributed by atoms with Gasteiger partial charge in [-0.05, 0) is 19.1 Å². The second-order valence-corrected chi connectivity index (χ2v) is 5.46. The SMILES string of the molecule is CC(=O)c1cc[n+](C)cc1.O=S(=O)([O-])c1ccccc1. The van der Waals surface area contributed by atoms with Gasteiger partial charge in [-0.15, -0.1) is 0 Å². The van der Waals surface area contributed by atoms with Crippen LogP contribution in [0.15, 0.2) is 59.8 Å². The first-order valence-electron chi connectivity index (χ1n) is 5.78. The Morgan fingerprint density at radius 3 is 1.90 bits per heavy atom. The van der Waals surface area contributed by atoms with Gasteiger partial charge < -0.3 is 4.55 Å². The molecule has 2 aromatic rings. The number of hydrogen-bond acceptors (Lipinski definition) is 4. The number of ketones is 1. The monoisotopic (exact) mass is 293 g/mol. The molecule has 0 aliphatic carbocycles. The van der Waals surface area contributed by atoms with Gasteiger partial charge in [0.25, 0.3) is 0 Å². The molecular formula is C14H15NO4S. The van der Waals surface area contributed by atoms with E-state index in [0.717, 1.165) is 5.56 Å². The van der Waals surface area contributed by atoms with E-state index in [1.807, 2.05) is 36.1 Å². The molecule has 106 valence electrons. The Bertz CT molecular complexity index is 664. The van der Waals surface area contributed by atoms with E-state index in [2.05, 4.69) is 0 Å². The van der Waals surface area contributed by atoms with Crippen LogP contribution < -0.4 is 4.57 Å². The third-order valence-corrected chi connectivity index (χ3v) is 3.27. The third-order valence-electron chi connectivity index (χ3n) is 2.42. The van der Waals surface area contributed by atoms with Gasteiger partial charge in [0.05, 0.1) is 4.90 Å². The number of aryl methyl sites for hydroxylation is 1. The molecule has 0 bridgehead atoms. The summed E-state index contributed by atoms with van der Waals surface area (Å²) in [6.45, 7) is 1.56. The number of pyridine rings is 1. The van der Waals surface area contributed by atoms with Gasteiger partial charge in [-0.3, -0.25) is 4.79 Å². The van der Waals surface area contributed by atoms with Crippen LogP contribution in [-0.2, 0) is 17.2 Å². The fourth-order valence-electron chi connectivity index (χ4n) is 1.32. The van der Waals surface area contributed by atoms with E-state index in [9.17, 15) is 17.8 Å². The second kappa shape index (κ2) is 6.93. The number of aromatic nitrogens is 1. The number of hydrogen-bond donors (Lipinski definition) is 0. The van der Waals surface area contributed by atoms with E-state index in [1.54, 1.807) is 13.0 Å². The zero-order valence-corrected chi connectivity index (χ0v) is 12.0. The Morgan fingerprint density at radius 1 is 1.05 bits per heavy atom. The van der Waals surface area contributed by atoms with Crippen LogP contribution in [0.3, 0.4) is 0 Å². The minimum Gasteiger partial charge on any atom is -0.744 e. The topological polar surface area (TPSA) is 78.1 Å². The highest BCUT2D eigenvalue weighted by molar-refractivity contribution is 7.85. The zero-order valence-electron chi connectivity index (χ0n) is 11.2. The van der Waals surface area contributed by atoms with Gasteiger partial charge in [0.15, 0.2) is 18.2 Å². The third kappa shape index (κ3) is 5.29. The number of Topliss-reactive ketones (excluding diaryl/α,β-unsaturated/α-hetero) is 1. The van der Waals surface area contributed by atoms with E-state index >= 15 is 0 Å². The van der Waals surface area contributed by atoms with Crippen molar-refractivity contribution in [3.8, 4) is 0 Å². The lowest BCUT2D eigenvalue weighted by atomic mass is 10.2. The molecule has 0 saturated carbocycles. The normalized spacial score (nSPS) is 10.3. The predicted molar refractivity (Wildman–Crippen MR) is 72.0 cm³/mol. The molecule has 0 fully saturated rings. The maximum Gasteiger partial charge on any atom is 0.169 e. The summed E-state index contributed by atoms with van der Waals surface area (Å²) in [5.74, 6) is 0.112. The van der Waals surface area contributed by atoms with Gasteiger partial charge in [-0.2, -0.15) is 0 Å². The molecule has 20 heavy (non-hydrogen) atoms. The van der Waals surface area contributed by atoms with Gasteiger partial charge in [0, 0.05) is 17.7 Å². The molecule has 0 spiro atoms. The Morgan fingerprint density at radius 2 is 1.55 bits per heavy atom. The van der Waals surface area contributed by atoms with Crippen LogP contribution in [-0.4, -0.2) is 18.8 Å². The lowest BCUT2D eigenvalue weighted by Crippen LogP contribution is -2.26. The van der Waals surface area contributed by atoms with Gasteiger partial charge in [-0.25, -0.2) is 13.0 Å². The van der Waals surface area contributed by atoms with Crippen molar-refractivity contribution < 1.29 is 22.3 Å². The number of rotatable bonds is 2. The van der Waals surface area contributed by atoms with Crippen molar-refractivity contribution in [2.24, 2.45) is 7.05 Å². The van der Waals surface area contributed by atoms with Gasteiger partial charge >= 0.3 is 0 Å². The Labute approximate surface area is 118 Å². The average Bonchev–Trinajstić information content (AvgIpc) is 2.40. The summed E-state index contributed by atoms with van der Waals surface area (Å²) in [7, 11) is -2.33. The molecule has 1 heterocycles. The summed E-state index contributed by atoms with van der Waals surface area (Å²) in [6.07, 6.45) is 3.72. The molecular weight excluding hydrogens is 278 g/mol. The van der Waals surface area contributed by atoms with Gasteiger partial charge in [0.2, 0.25) is 0 Å². The molecule has 0 aliphatic heterocycles. The maximum absolute atomic E-state index is 10.7. The summed E-state index contributed by atoms with van der Waals surface area (Å²) in [5.41, 5.74) is 0.762. The Kier molecular flexibility index (Phi) is 5.54. The van der Waals surface area contributed by atoms with E-state index in [-0.39, 0.29) is 10.7 Å². The lowest BCUT2D eigenvalue weighted by molar-refractivity contribution is -0.671. The number of benzene rings is 1. The highest BCUT2D eigenvalue weighted by Gasteiger charge is 1.98. The van der Waals surface area contributed by atoms with Crippen LogP contribution >= 0.6 is 0 Å². The fraction of sp³-hybridized carbons (Fsp3) is 0.143. The van der Waals surface area contributed by atoms with Crippen molar-refractivity contribution in [1.29, 1.82) is 0 Å². The summed E-state index contributed by atoms with van der Waals surface area (Å²) < 4.78 is 32.7. The van der Waals surface area contributed by atoms with Crippen LogP contribution in [0.2, 0.25) is 0 Å². The predicted octanol–water partition coefficient (Wildman–Crippen LogP) is 1.30. The lowest BCUT2D eigenvalue weighted by Gasteiger charge is -2.04. The Balaban J connectivity index is 0.000000200. The smallest absolute Gasteiger partial charge is 0.169 e. The van der Waals surface area contributed by atoms with Crippen LogP contribution in [0.25, 0.3) is 0 Å². The van der Waals surface area contributed by atoms with Crippen molar-refractivity contribution >= 4 is 15.9 Å². The van der Waals surface area contributed by atoms with Crippen molar-refractivity contribution in [1.82, 2.24) is 0 Å². The molecule has 6 heteroatoms. The van der Waals surface area contributed by atoms with Gasteiger partial charge in [-0.1, -0.05) is 18.2 Å². The summed E-state index contributed by atoms with van der Waals surface area (Å²) in [5, 5.41) is 0. The first kappa shape index (κ1) is 16.0. The first-order chi connectivity index (χ1) is 9.30. The minimum atomic E-state index is -4.25. The molecule has 1 aromatic carbocycles. The van der Waals surface area contributed by atoms with E-state index in [0.29, 0.717) is 0 Å². The quantitative estimate of drug-likeness (QED) is 0.475. The molecule has 2 rings (SSSR count). The number of carbonyl (C=O) groups is 1. The molecule has 0 unspecified atom stereocenters. The average molecular weight is 293 g/mol. The number of nitrogens with zero attached hydrogens (tertiary/aromatic N) is 1. The molecule has 0 N–H and O–H groups in total. The van der Waals surface area contributed by atoms with Gasteiger partial charge in [0.1, 0.15) is 17.2 Å². The van der Waals surface area contributed by atoms with E-state index in [4.69, 9.17) is 0 Å². The maximum atomic E-state index is 10.7. The zero-order chi connectivity index (χ0) is 15.2. The second-order valence-electron chi connectivity index (χ2n) is 4.08. The standard InChI is InChI=1S/C8H10NO.C6H6O3S/c1-7(10)8-3-5-9(2)6-4-8;7-10(8,9)6-4-2-1-3-5-6/h3-6H,1-2H3;1-5H,(H,7,8,9)/q+1;/p-1. The first-order valence-corrected chi connectivity index (χ1v) is 7.18. The van der Waals surface area contributed by atoms with Crippen LogP contribution in [0, 0.1) is 0 Å². The largest absolute Gasteiger partial charge is 0.744 e. The summed E-state index contributed by atoms with van der Waals surface area (Å²) in [6, 6.07) is 10.8. The highest BCUT2D eigenvalue weighted by Crippen LogP contribution is 2.04. The molecule has 0 saturated heterocycles. The molecule has 0 aliphatic rings. The summed E-state index contributed by atoms with van der Waals surface area (Å²) in [4.78, 5) is 10.6. The fourth-order valence-corrected chi connectivity index (χ4v) is 1.81. The van der Waals surface area contributed by atoms with Crippen molar-refractivity contribution in [3.63, 3.8) is 0 Å². The number of carbonyl (C=O) groups excluding carboxylic acids is 1. The van der Waals surface area contributed by atoms with Crippen molar-refractivity contribution in [2.75, 3.05) is 0 Å². The van der Waals surface area contributed by atoms with Crippen molar-refractivity contribution in [3.05, 3.63) is 60.4 Å². The van der Waals surface area contributed by atoms with Crippen molar-refractivity contribution in [2.45, 2.75) is 11.8 Å². The minimum absolute atomic E-state index is 0.112. The highest BCUT2D eigenvalue weighted by atomic mass is 32.2. The van der Waals surface area contributed by atoms with Crippen LogP contribution in [0.1, 0.15) is 17.3 Å². The molecule has 0 atom stereocenters. The van der Waals surface area contributed by atoms with E-state index < -0.39 is 10.1 Å². The van der Waals surface area contributed by atoms with Crippen LogP contribution in [0.4, 0.5) is 0 Å². The molecule has 0 radical (unpaired) electrons. The van der Waals surface area contributed by atoms with Crippen LogP contribution in [0.5, 0.6) is 0 Å². The Hall–Kier alpha value is -2.05.